The van der Waals surface area contributed by atoms with Gasteiger partial charge in [0.25, 0.3) is 5.91 Å². The lowest BCUT2D eigenvalue weighted by atomic mass is 10.1. The summed E-state index contributed by atoms with van der Waals surface area (Å²) >= 11 is 0. The van der Waals surface area contributed by atoms with Gasteiger partial charge in [0.15, 0.2) is 0 Å². The lowest BCUT2D eigenvalue weighted by Crippen LogP contribution is -2.35. The predicted molar refractivity (Wildman–Crippen MR) is 96.5 cm³/mol. The second kappa shape index (κ2) is 7.09. The van der Waals surface area contributed by atoms with Gasteiger partial charge in [-0.05, 0) is 51.0 Å². The number of hydrogen-bond donors (Lipinski definition) is 1. The van der Waals surface area contributed by atoms with Crippen molar-refractivity contribution in [2.45, 2.75) is 39.2 Å². The van der Waals surface area contributed by atoms with Crippen LogP contribution in [0.5, 0.6) is 0 Å². The minimum Gasteiger partial charge on any atom is -0.345 e. The van der Waals surface area contributed by atoms with Gasteiger partial charge >= 0.3 is 0 Å². The molecule has 1 aromatic heterocycles. The molecule has 3 rings (SSSR count). The smallest absolute Gasteiger partial charge is 0.251 e. The van der Waals surface area contributed by atoms with Gasteiger partial charge in [0.1, 0.15) is 0 Å². The zero-order valence-electron chi connectivity index (χ0n) is 15.0. The van der Waals surface area contributed by atoms with E-state index in [0.29, 0.717) is 12.0 Å². The number of nitrogens with one attached hydrogen (secondary N) is 1. The quantitative estimate of drug-likeness (QED) is 0.930. The Labute approximate surface area is 147 Å². The van der Waals surface area contributed by atoms with E-state index >= 15 is 0 Å². The SMILES string of the molecule is Cc1c([C@@H](C)NC(=O)c2ccc(N3CCCCC3=O)cc2)cnn1C. The Bertz CT molecular complexity index is 779. The first-order valence-electron chi connectivity index (χ1n) is 8.67. The number of rotatable bonds is 4. The van der Waals surface area contributed by atoms with E-state index in [-0.39, 0.29) is 17.9 Å². The normalized spacial score (nSPS) is 16.0. The molecule has 6 heteroatoms. The summed E-state index contributed by atoms with van der Waals surface area (Å²) in [6, 6.07) is 7.12. The molecular formula is C19H24N4O2. The van der Waals surface area contributed by atoms with Gasteiger partial charge in [-0.1, -0.05) is 0 Å². The van der Waals surface area contributed by atoms with E-state index in [2.05, 4.69) is 10.4 Å². The van der Waals surface area contributed by atoms with Crippen molar-refractivity contribution in [1.82, 2.24) is 15.1 Å². The molecular weight excluding hydrogens is 316 g/mol. The number of carbonyl (C=O) groups excluding carboxylic acids is 2. The van der Waals surface area contributed by atoms with Crippen molar-refractivity contribution >= 4 is 17.5 Å². The molecule has 0 bridgehead atoms. The number of piperidine rings is 1. The minimum absolute atomic E-state index is 0.121. The molecule has 0 spiro atoms. The topological polar surface area (TPSA) is 67.2 Å². The molecule has 1 atom stereocenters. The lowest BCUT2D eigenvalue weighted by molar-refractivity contribution is -0.119. The summed E-state index contributed by atoms with van der Waals surface area (Å²) in [5.74, 6) is 0.0244. The Morgan fingerprint density at radius 3 is 2.56 bits per heavy atom. The first-order chi connectivity index (χ1) is 12.0. The van der Waals surface area contributed by atoms with Gasteiger partial charge in [-0.2, -0.15) is 5.10 Å². The standard InChI is InChI=1S/C19H24N4O2/c1-13(17-12-20-22(3)14(17)2)21-19(25)15-7-9-16(10-8-15)23-11-5-4-6-18(23)24/h7-10,12-13H,4-6,11H2,1-3H3,(H,21,25)/t13-/m1/s1. The average molecular weight is 340 g/mol. The molecule has 2 aromatic rings. The molecule has 0 unspecified atom stereocenters. The number of anilines is 1. The van der Waals surface area contributed by atoms with E-state index in [4.69, 9.17) is 0 Å². The second-order valence-electron chi connectivity index (χ2n) is 6.55. The molecule has 1 fully saturated rings. The molecule has 1 aromatic carbocycles. The number of hydrogen-bond acceptors (Lipinski definition) is 3. The molecule has 2 amide bonds. The van der Waals surface area contributed by atoms with Crippen LogP contribution in [-0.2, 0) is 11.8 Å². The van der Waals surface area contributed by atoms with Crippen molar-refractivity contribution in [3.8, 4) is 0 Å². The monoisotopic (exact) mass is 340 g/mol. The van der Waals surface area contributed by atoms with Crippen molar-refractivity contribution in [3.05, 3.63) is 47.3 Å². The van der Waals surface area contributed by atoms with Crippen molar-refractivity contribution < 1.29 is 9.59 Å². The fraction of sp³-hybridized carbons (Fsp3) is 0.421. The lowest BCUT2D eigenvalue weighted by Gasteiger charge is -2.26. The largest absolute Gasteiger partial charge is 0.345 e. The summed E-state index contributed by atoms with van der Waals surface area (Å²) in [4.78, 5) is 26.3. The highest BCUT2D eigenvalue weighted by Gasteiger charge is 2.20. The fourth-order valence-corrected chi connectivity index (χ4v) is 3.17. The molecule has 132 valence electrons. The van der Waals surface area contributed by atoms with E-state index in [1.165, 1.54) is 0 Å². The Morgan fingerprint density at radius 1 is 1.24 bits per heavy atom. The highest BCUT2D eigenvalue weighted by atomic mass is 16.2. The van der Waals surface area contributed by atoms with E-state index in [1.54, 1.807) is 27.9 Å². The Morgan fingerprint density at radius 2 is 1.96 bits per heavy atom. The van der Waals surface area contributed by atoms with Gasteiger partial charge < -0.3 is 10.2 Å². The summed E-state index contributed by atoms with van der Waals surface area (Å²) in [5, 5.41) is 7.22. The Hall–Kier alpha value is -2.63. The number of aryl methyl sites for hydroxylation is 1. The maximum atomic E-state index is 12.5. The van der Waals surface area contributed by atoms with Crippen LogP contribution in [0.4, 0.5) is 5.69 Å². The molecule has 1 aliphatic rings. The van der Waals surface area contributed by atoms with Crippen LogP contribution in [0.2, 0.25) is 0 Å². The average Bonchev–Trinajstić information content (AvgIpc) is 2.95. The highest BCUT2D eigenvalue weighted by molar-refractivity contribution is 5.97. The first kappa shape index (κ1) is 17.2. The van der Waals surface area contributed by atoms with Crippen molar-refractivity contribution in [3.63, 3.8) is 0 Å². The molecule has 25 heavy (non-hydrogen) atoms. The zero-order valence-corrected chi connectivity index (χ0v) is 15.0. The molecule has 2 heterocycles. The van der Waals surface area contributed by atoms with Crippen molar-refractivity contribution in [2.24, 2.45) is 7.05 Å². The molecule has 0 radical (unpaired) electrons. The third-order valence-electron chi connectivity index (χ3n) is 4.85. The molecule has 6 nitrogen and oxygen atoms in total. The molecule has 1 saturated heterocycles. The highest BCUT2D eigenvalue weighted by Crippen LogP contribution is 2.22. The summed E-state index contributed by atoms with van der Waals surface area (Å²) in [6.45, 7) is 4.68. The van der Waals surface area contributed by atoms with E-state index in [1.807, 2.05) is 33.0 Å². The van der Waals surface area contributed by atoms with Crippen LogP contribution in [0.1, 0.15) is 53.8 Å². The maximum Gasteiger partial charge on any atom is 0.251 e. The number of amides is 2. The van der Waals surface area contributed by atoms with Crippen LogP contribution in [0.3, 0.4) is 0 Å². The molecule has 1 aliphatic heterocycles. The van der Waals surface area contributed by atoms with E-state index < -0.39 is 0 Å². The predicted octanol–water partition coefficient (Wildman–Crippen LogP) is 2.74. The first-order valence-corrected chi connectivity index (χ1v) is 8.67. The summed E-state index contributed by atoms with van der Waals surface area (Å²) in [6.07, 6.45) is 4.37. The van der Waals surface area contributed by atoms with Gasteiger partial charge in [0.2, 0.25) is 5.91 Å². The van der Waals surface area contributed by atoms with Crippen LogP contribution in [-0.4, -0.2) is 28.1 Å². The number of carbonyl (C=O) groups is 2. The summed E-state index contributed by atoms with van der Waals surface area (Å²) in [7, 11) is 1.88. The molecule has 1 N–H and O–H groups in total. The summed E-state index contributed by atoms with van der Waals surface area (Å²) in [5.41, 5.74) is 3.48. The maximum absolute atomic E-state index is 12.5. The van der Waals surface area contributed by atoms with Gasteiger partial charge in [-0.3, -0.25) is 14.3 Å². The number of benzene rings is 1. The fourth-order valence-electron chi connectivity index (χ4n) is 3.17. The van der Waals surface area contributed by atoms with Crippen LogP contribution in [0.15, 0.2) is 30.5 Å². The van der Waals surface area contributed by atoms with Crippen molar-refractivity contribution in [1.29, 1.82) is 0 Å². The van der Waals surface area contributed by atoms with Crippen LogP contribution in [0, 0.1) is 6.92 Å². The van der Waals surface area contributed by atoms with Crippen LogP contribution in [0.25, 0.3) is 0 Å². The van der Waals surface area contributed by atoms with Gasteiger partial charge in [0, 0.05) is 42.5 Å². The Kier molecular flexibility index (Phi) is 4.88. The van der Waals surface area contributed by atoms with Gasteiger partial charge in [-0.25, -0.2) is 0 Å². The van der Waals surface area contributed by atoms with Gasteiger partial charge in [0.05, 0.1) is 12.2 Å². The van der Waals surface area contributed by atoms with Crippen LogP contribution >= 0.6 is 0 Å². The third-order valence-corrected chi connectivity index (χ3v) is 4.85. The number of aromatic nitrogens is 2. The van der Waals surface area contributed by atoms with Gasteiger partial charge in [-0.15, -0.1) is 0 Å². The molecule has 0 aliphatic carbocycles. The summed E-state index contributed by atoms with van der Waals surface area (Å²) < 4.78 is 1.79. The zero-order chi connectivity index (χ0) is 18.0. The number of nitrogens with zero attached hydrogens (tertiary/aromatic N) is 3. The molecule has 0 saturated carbocycles. The second-order valence-corrected chi connectivity index (χ2v) is 6.55. The minimum atomic E-state index is -0.132. The Balaban J connectivity index is 1.68. The van der Waals surface area contributed by atoms with Crippen LogP contribution < -0.4 is 10.2 Å². The van der Waals surface area contributed by atoms with Crippen molar-refractivity contribution in [2.75, 3.05) is 11.4 Å². The van der Waals surface area contributed by atoms with E-state index in [9.17, 15) is 9.59 Å². The third kappa shape index (κ3) is 3.57. The van der Waals surface area contributed by atoms with E-state index in [0.717, 1.165) is 36.3 Å².